The van der Waals surface area contributed by atoms with E-state index in [-0.39, 0.29) is 28.8 Å². The predicted molar refractivity (Wildman–Crippen MR) is 218 cm³/mol. The van der Waals surface area contributed by atoms with Gasteiger partial charge in [-0.3, -0.25) is 9.69 Å². The molecule has 1 fully saturated rings. The van der Waals surface area contributed by atoms with Crippen molar-refractivity contribution in [3.63, 3.8) is 0 Å². The maximum absolute atomic E-state index is 13.3. The van der Waals surface area contributed by atoms with Crippen molar-refractivity contribution >= 4 is 30.6 Å². The number of amides is 2. The third kappa shape index (κ3) is 16.7. The van der Waals surface area contributed by atoms with Gasteiger partial charge in [0.2, 0.25) is 5.91 Å². The molecule has 1 aromatic rings. The van der Waals surface area contributed by atoms with Gasteiger partial charge in [0.25, 0.3) is 0 Å². The van der Waals surface area contributed by atoms with Crippen molar-refractivity contribution in [2.75, 3.05) is 33.3 Å². The molecule has 52 heavy (non-hydrogen) atoms. The fraction of sp³-hybridized carbons (Fsp3) is 0.786. The Balaban J connectivity index is 0.00000326. The fourth-order valence-electron chi connectivity index (χ4n) is 7.94. The minimum absolute atomic E-state index is 0.0431. The van der Waals surface area contributed by atoms with Crippen LogP contribution in [0, 0.1) is 23.2 Å². The van der Waals surface area contributed by atoms with Gasteiger partial charge in [-0.2, -0.15) is 12.6 Å². The van der Waals surface area contributed by atoms with Gasteiger partial charge in [-0.1, -0.05) is 87.3 Å². The van der Waals surface area contributed by atoms with Crippen LogP contribution in [0.2, 0.25) is 0 Å². The molecule has 0 aliphatic heterocycles. The van der Waals surface area contributed by atoms with Crippen molar-refractivity contribution in [3.8, 4) is 5.75 Å². The van der Waals surface area contributed by atoms with Crippen molar-refractivity contribution in [2.24, 2.45) is 23.2 Å². The van der Waals surface area contributed by atoms with Crippen molar-refractivity contribution in [3.05, 3.63) is 29.3 Å². The van der Waals surface area contributed by atoms with E-state index in [1.54, 1.807) is 14.0 Å². The summed E-state index contributed by atoms with van der Waals surface area (Å²) in [7, 11) is 1.64. The summed E-state index contributed by atoms with van der Waals surface area (Å²) in [5, 5.41) is 15.5. The number of carboxylic acids is 1. The summed E-state index contributed by atoms with van der Waals surface area (Å²) in [4.78, 5) is 38.7. The Labute approximate surface area is 322 Å². The van der Waals surface area contributed by atoms with Gasteiger partial charge in [-0.05, 0) is 105 Å². The van der Waals surface area contributed by atoms with Crippen molar-refractivity contribution < 1.29 is 29.0 Å². The maximum atomic E-state index is 13.3. The summed E-state index contributed by atoms with van der Waals surface area (Å²) < 4.78 is 11.7. The van der Waals surface area contributed by atoms with Crippen LogP contribution < -0.4 is 15.4 Å². The van der Waals surface area contributed by atoms with E-state index in [2.05, 4.69) is 63.9 Å². The third-order valence-corrected chi connectivity index (χ3v) is 10.4. The van der Waals surface area contributed by atoms with Crippen LogP contribution in [-0.2, 0) is 27.2 Å². The Morgan fingerprint density at radius 3 is 2.35 bits per heavy atom. The number of thiol groups is 1. The first kappa shape index (κ1) is 47.6. The monoisotopic (exact) mass is 750 g/mol. The van der Waals surface area contributed by atoms with E-state index in [4.69, 9.17) is 14.6 Å². The molecule has 3 rings (SSSR count). The van der Waals surface area contributed by atoms with Gasteiger partial charge in [0.15, 0.2) is 6.61 Å². The first-order valence-electron chi connectivity index (χ1n) is 20.2. The highest BCUT2D eigenvalue weighted by Crippen LogP contribution is 2.48. The molecular weight excluding hydrogens is 675 g/mol. The highest BCUT2D eigenvalue weighted by atomic mass is 32.1. The Hall–Kier alpha value is -2.46. The number of rotatable bonds is 20. The Morgan fingerprint density at radius 2 is 1.71 bits per heavy atom. The lowest BCUT2D eigenvalue weighted by Gasteiger charge is -2.33. The number of carboxylic acid groups (broad SMARTS) is 1. The van der Waals surface area contributed by atoms with Gasteiger partial charge in [0.1, 0.15) is 17.9 Å². The number of hydrogen-bond donors (Lipinski definition) is 4. The van der Waals surface area contributed by atoms with Crippen LogP contribution in [0.1, 0.15) is 138 Å². The van der Waals surface area contributed by atoms with E-state index in [0.29, 0.717) is 36.6 Å². The van der Waals surface area contributed by atoms with E-state index in [0.717, 1.165) is 77.2 Å². The standard InChI is InChI=1S/C38H63N3O6S.2C2H6/c1-8-9-10-13-30(47-36(45)41(7)26(2)35(44)40-20-19-39-25-37(3,4)24-38(5,6)48)18-17-27-15-16-29-22-32-28(21-31(27)29)12-11-14-33(32)46-23-34(42)43;2*1-2/h11-12,14,26-27,29-31,39,48H,8-10,13,15-25H2,1-7H3,(H,40,44)(H,42,43);2*1-2H3/t26?,27-,29?,30?,31-;;/m1../s1. The number of nitrogens with one attached hydrogen (secondary N) is 2. The van der Waals surface area contributed by atoms with E-state index in [1.165, 1.54) is 16.0 Å². The smallest absolute Gasteiger partial charge is 0.410 e. The lowest BCUT2D eigenvalue weighted by Crippen LogP contribution is -2.48. The van der Waals surface area contributed by atoms with Crippen LogP contribution in [0.3, 0.4) is 0 Å². The van der Waals surface area contributed by atoms with E-state index >= 15 is 0 Å². The molecule has 1 saturated carbocycles. The number of likely N-dealkylation sites (N-methyl/N-ethyl adjacent to an activating group) is 1. The van der Waals surface area contributed by atoms with Crippen LogP contribution in [0.5, 0.6) is 5.75 Å². The second-order valence-electron chi connectivity index (χ2n) is 15.7. The number of carbonyl (C=O) groups excluding carboxylic acids is 2. The second kappa shape index (κ2) is 24.0. The van der Waals surface area contributed by atoms with Gasteiger partial charge in [-0.15, -0.1) is 0 Å². The summed E-state index contributed by atoms with van der Waals surface area (Å²) >= 11 is 4.66. The number of nitrogens with zero attached hydrogens (tertiary/aromatic N) is 1. The van der Waals surface area contributed by atoms with Crippen LogP contribution >= 0.6 is 12.6 Å². The van der Waals surface area contributed by atoms with Crippen molar-refractivity contribution in [2.45, 2.75) is 157 Å². The van der Waals surface area contributed by atoms with Gasteiger partial charge in [-0.25, -0.2) is 9.59 Å². The number of fused-ring (bicyclic) bond motifs is 2. The lowest BCUT2D eigenvalue weighted by atomic mass is 9.73. The summed E-state index contributed by atoms with van der Waals surface area (Å²) in [6.45, 7) is 22.2. The molecule has 0 aromatic heterocycles. The number of hydrogen-bond acceptors (Lipinski definition) is 7. The number of ether oxygens (including phenoxy) is 2. The zero-order valence-electron chi connectivity index (χ0n) is 34.6. The first-order valence-corrected chi connectivity index (χ1v) is 20.6. The van der Waals surface area contributed by atoms with E-state index < -0.39 is 18.1 Å². The molecule has 0 radical (unpaired) electrons. The van der Waals surface area contributed by atoms with Crippen molar-refractivity contribution in [1.29, 1.82) is 0 Å². The quantitative estimate of drug-likeness (QED) is 0.0777. The molecule has 2 aliphatic rings. The van der Waals surface area contributed by atoms with Crippen LogP contribution in [0.15, 0.2) is 18.2 Å². The highest BCUT2D eigenvalue weighted by Gasteiger charge is 2.40. The van der Waals surface area contributed by atoms with Crippen LogP contribution in [0.25, 0.3) is 0 Å². The third-order valence-electron chi connectivity index (χ3n) is 10.2. The number of aliphatic carboxylic acids is 1. The van der Waals surface area contributed by atoms with Gasteiger partial charge in [0, 0.05) is 31.4 Å². The Bertz CT molecular complexity index is 1200. The average Bonchev–Trinajstić information content (AvgIpc) is 3.49. The fourth-order valence-corrected chi connectivity index (χ4v) is 8.37. The normalized spacial score (nSPS) is 19.0. The molecule has 2 aliphatic carbocycles. The molecule has 0 heterocycles. The van der Waals surface area contributed by atoms with Gasteiger partial charge in [0.05, 0.1) is 0 Å². The molecule has 9 nitrogen and oxygen atoms in total. The summed E-state index contributed by atoms with van der Waals surface area (Å²) in [5.41, 5.74) is 2.52. The summed E-state index contributed by atoms with van der Waals surface area (Å²) in [6.07, 6.45) is 10.4. The lowest BCUT2D eigenvalue weighted by molar-refractivity contribution is -0.139. The predicted octanol–water partition coefficient (Wildman–Crippen LogP) is 8.96. The van der Waals surface area contributed by atoms with E-state index in [9.17, 15) is 14.4 Å². The average molecular weight is 750 g/mol. The van der Waals surface area contributed by atoms with Crippen molar-refractivity contribution in [1.82, 2.24) is 15.5 Å². The summed E-state index contributed by atoms with van der Waals surface area (Å²) in [6, 6.07) is 5.36. The first-order chi connectivity index (χ1) is 24.6. The SMILES string of the molecule is CC.CC.CCCCCC(CC[C@H]1CCC2Cc3c(cccc3OCC(=O)O)C[C@@H]21)OC(=O)N(C)C(C)C(=O)NCCNCC(C)(C)CC(C)(C)S. The molecular formula is C42H75N3O6S. The zero-order chi connectivity index (χ0) is 39.5. The van der Waals surface area contributed by atoms with Gasteiger partial charge < -0.3 is 25.2 Å². The molecule has 3 unspecified atom stereocenters. The molecule has 2 amide bonds. The van der Waals surface area contributed by atoms with Crippen LogP contribution in [-0.4, -0.2) is 78.2 Å². The topological polar surface area (TPSA) is 117 Å². The largest absolute Gasteiger partial charge is 0.482 e. The van der Waals surface area contributed by atoms with Crippen LogP contribution in [0.4, 0.5) is 4.79 Å². The minimum atomic E-state index is -0.965. The summed E-state index contributed by atoms with van der Waals surface area (Å²) in [5.74, 6) is 1.24. The number of benzene rings is 1. The molecule has 3 N–H and O–H groups in total. The zero-order valence-corrected chi connectivity index (χ0v) is 35.5. The number of unbranched alkanes of at least 4 members (excludes halogenated alkanes) is 2. The second-order valence-corrected chi connectivity index (χ2v) is 16.9. The Morgan fingerprint density at radius 1 is 1.02 bits per heavy atom. The minimum Gasteiger partial charge on any atom is -0.482 e. The molecule has 1 aromatic carbocycles. The van der Waals surface area contributed by atoms with Gasteiger partial charge >= 0.3 is 12.1 Å². The molecule has 0 saturated heterocycles. The molecule has 10 heteroatoms. The highest BCUT2D eigenvalue weighted by molar-refractivity contribution is 7.81. The molecule has 0 spiro atoms. The molecule has 300 valence electrons. The van der Waals surface area contributed by atoms with E-state index in [1.807, 2.05) is 39.8 Å². The Kier molecular flexibility index (Phi) is 22.0. The molecule has 0 bridgehead atoms. The maximum Gasteiger partial charge on any atom is 0.410 e. The molecule has 5 atom stereocenters. The number of carbonyl (C=O) groups is 3.